The number of carbonyl (C=O) groups is 1. The number of hydrogen-bond acceptors (Lipinski definition) is 4. The third-order valence-electron chi connectivity index (χ3n) is 3.81. The second-order valence-electron chi connectivity index (χ2n) is 5.50. The van der Waals surface area contributed by atoms with Crippen LogP contribution in [0, 0.1) is 0 Å². The molecule has 0 saturated carbocycles. The van der Waals surface area contributed by atoms with Crippen LogP contribution in [0.15, 0.2) is 59.6 Å². The minimum absolute atomic E-state index is 0. The molecule has 1 N–H and O–H groups in total. The Bertz CT molecular complexity index is 717. The standard InChI is InChI=1S/C19H21N3O2.ClH/c1-2-24-17-10-8-16(9-11-17)21-19-20-14-18(23)22(19)13-12-15-6-4-3-5-7-15;/h3-11H,2,12-14H2,1H3,(H,20,21);1H. The molecule has 0 unspecified atom stereocenters. The summed E-state index contributed by atoms with van der Waals surface area (Å²) in [6, 6.07) is 17.8. The van der Waals surface area contributed by atoms with Crippen LogP contribution in [0.4, 0.5) is 5.69 Å². The molecule has 5 nitrogen and oxygen atoms in total. The Morgan fingerprint density at radius 2 is 1.84 bits per heavy atom. The molecule has 2 aromatic rings. The van der Waals surface area contributed by atoms with Crippen molar-refractivity contribution in [2.75, 3.05) is 25.0 Å². The highest BCUT2D eigenvalue weighted by atomic mass is 35.5. The number of guanidine groups is 1. The summed E-state index contributed by atoms with van der Waals surface area (Å²) >= 11 is 0. The van der Waals surface area contributed by atoms with Crippen molar-refractivity contribution in [2.45, 2.75) is 13.3 Å². The summed E-state index contributed by atoms with van der Waals surface area (Å²) in [5.41, 5.74) is 2.09. The third kappa shape index (κ3) is 4.97. The van der Waals surface area contributed by atoms with Gasteiger partial charge in [-0.2, -0.15) is 0 Å². The number of halogens is 1. The molecule has 2 aromatic carbocycles. The quantitative estimate of drug-likeness (QED) is 0.860. The van der Waals surface area contributed by atoms with Gasteiger partial charge in [0.2, 0.25) is 5.96 Å². The van der Waals surface area contributed by atoms with E-state index in [1.54, 1.807) is 4.90 Å². The molecule has 0 saturated heterocycles. The predicted molar refractivity (Wildman–Crippen MR) is 103 cm³/mol. The van der Waals surface area contributed by atoms with Crippen molar-refractivity contribution in [3.8, 4) is 5.75 Å². The van der Waals surface area contributed by atoms with Crippen LogP contribution in [0.3, 0.4) is 0 Å². The van der Waals surface area contributed by atoms with Gasteiger partial charge in [-0.25, -0.2) is 4.99 Å². The average Bonchev–Trinajstić information content (AvgIpc) is 2.96. The van der Waals surface area contributed by atoms with E-state index in [-0.39, 0.29) is 24.9 Å². The van der Waals surface area contributed by atoms with Gasteiger partial charge in [-0.1, -0.05) is 30.3 Å². The van der Waals surface area contributed by atoms with Crippen molar-refractivity contribution < 1.29 is 9.53 Å². The molecule has 132 valence electrons. The van der Waals surface area contributed by atoms with Crippen molar-refractivity contribution in [3.05, 3.63) is 60.2 Å². The first-order valence-electron chi connectivity index (χ1n) is 8.15. The van der Waals surface area contributed by atoms with Crippen molar-refractivity contribution in [1.82, 2.24) is 4.90 Å². The van der Waals surface area contributed by atoms with E-state index in [0.29, 0.717) is 19.1 Å². The number of benzene rings is 2. The lowest BCUT2D eigenvalue weighted by Gasteiger charge is -2.19. The van der Waals surface area contributed by atoms with Crippen LogP contribution in [-0.2, 0) is 11.2 Å². The van der Waals surface area contributed by atoms with Crippen LogP contribution in [0.2, 0.25) is 0 Å². The Hall–Kier alpha value is -2.53. The Kier molecular flexibility index (Phi) is 6.83. The van der Waals surface area contributed by atoms with Crippen molar-refractivity contribution in [1.29, 1.82) is 0 Å². The van der Waals surface area contributed by atoms with E-state index in [1.807, 2.05) is 49.4 Å². The molecule has 0 radical (unpaired) electrons. The predicted octanol–water partition coefficient (Wildman–Crippen LogP) is 3.36. The van der Waals surface area contributed by atoms with Crippen LogP contribution in [0.25, 0.3) is 0 Å². The van der Waals surface area contributed by atoms with Gasteiger partial charge in [0.15, 0.2) is 0 Å². The van der Waals surface area contributed by atoms with Gasteiger partial charge < -0.3 is 10.1 Å². The van der Waals surface area contributed by atoms with Gasteiger partial charge in [-0.3, -0.25) is 9.69 Å². The fourth-order valence-electron chi connectivity index (χ4n) is 2.58. The maximum atomic E-state index is 12.1. The molecule has 0 aliphatic carbocycles. The largest absolute Gasteiger partial charge is 0.494 e. The first-order valence-corrected chi connectivity index (χ1v) is 8.15. The number of carbonyl (C=O) groups excluding carboxylic acids is 1. The summed E-state index contributed by atoms with van der Waals surface area (Å²) in [5.74, 6) is 1.47. The van der Waals surface area contributed by atoms with E-state index in [0.717, 1.165) is 17.9 Å². The van der Waals surface area contributed by atoms with Crippen LogP contribution in [0.1, 0.15) is 12.5 Å². The maximum Gasteiger partial charge on any atom is 0.251 e. The van der Waals surface area contributed by atoms with Gasteiger partial charge in [0.05, 0.1) is 6.61 Å². The zero-order valence-corrected chi connectivity index (χ0v) is 15.0. The minimum atomic E-state index is 0. The molecular weight excluding hydrogens is 338 g/mol. The van der Waals surface area contributed by atoms with E-state index in [1.165, 1.54) is 5.56 Å². The van der Waals surface area contributed by atoms with E-state index >= 15 is 0 Å². The number of anilines is 1. The summed E-state index contributed by atoms with van der Waals surface area (Å²) in [4.78, 5) is 18.1. The Morgan fingerprint density at radius 1 is 1.12 bits per heavy atom. The Labute approximate surface area is 154 Å². The first-order chi connectivity index (χ1) is 11.8. The number of nitrogens with zero attached hydrogens (tertiary/aromatic N) is 2. The lowest BCUT2D eigenvalue weighted by atomic mass is 10.1. The first kappa shape index (κ1) is 18.8. The number of ether oxygens (including phenoxy) is 1. The fourth-order valence-corrected chi connectivity index (χ4v) is 2.58. The lowest BCUT2D eigenvalue weighted by Crippen LogP contribution is -2.38. The second kappa shape index (κ2) is 9.08. The zero-order chi connectivity index (χ0) is 16.8. The summed E-state index contributed by atoms with van der Waals surface area (Å²) in [6.07, 6.45) is 0.802. The van der Waals surface area contributed by atoms with Crippen LogP contribution in [0.5, 0.6) is 5.75 Å². The monoisotopic (exact) mass is 359 g/mol. The fraction of sp³-hybridized carbons (Fsp3) is 0.263. The molecule has 1 aliphatic rings. The van der Waals surface area contributed by atoms with Crippen LogP contribution >= 0.6 is 12.4 Å². The molecule has 1 aliphatic heterocycles. The van der Waals surface area contributed by atoms with E-state index in [9.17, 15) is 4.79 Å². The molecule has 25 heavy (non-hydrogen) atoms. The average molecular weight is 360 g/mol. The summed E-state index contributed by atoms with van der Waals surface area (Å²) < 4.78 is 5.43. The van der Waals surface area contributed by atoms with E-state index in [2.05, 4.69) is 22.4 Å². The molecule has 1 heterocycles. The van der Waals surface area contributed by atoms with Gasteiger partial charge in [0.25, 0.3) is 5.91 Å². The highest BCUT2D eigenvalue weighted by molar-refractivity contribution is 6.08. The lowest BCUT2D eigenvalue weighted by molar-refractivity contribution is -0.124. The smallest absolute Gasteiger partial charge is 0.251 e. The molecule has 6 heteroatoms. The van der Waals surface area contributed by atoms with Gasteiger partial charge in [-0.15, -0.1) is 12.4 Å². The Morgan fingerprint density at radius 3 is 2.52 bits per heavy atom. The summed E-state index contributed by atoms with van der Waals surface area (Å²) in [6.45, 7) is 3.41. The number of aliphatic imine (C=N–C) groups is 1. The molecule has 3 rings (SSSR count). The van der Waals surface area contributed by atoms with Crippen molar-refractivity contribution >= 4 is 30.0 Å². The molecular formula is C19H22ClN3O2. The number of rotatable bonds is 6. The third-order valence-corrected chi connectivity index (χ3v) is 3.81. The molecule has 1 amide bonds. The summed E-state index contributed by atoms with van der Waals surface area (Å²) in [7, 11) is 0. The molecule has 0 atom stereocenters. The molecule has 0 bridgehead atoms. The van der Waals surface area contributed by atoms with Gasteiger partial charge in [-0.05, 0) is 43.2 Å². The number of nitrogens with one attached hydrogen (secondary N) is 1. The SMILES string of the molecule is CCOc1ccc(NC2=NCC(=O)N2CCc2ccccc2)cc1.Cl. The molecule has 0 spiro atoms. The topological polar surface area (TPSA) is 53.9 Å². The Balaban J connectivity index is 0.00000225. The molecule has 0 aromatic heterocycles. The van der Waals surface area contributed by atoms with Crippen molar-refractivity contribution in [2.24, 2.45) is 4.99 Å². The minimum Gasteiger partial charge on any atom is -0.494 e. The van der Waals surface area contributed by atoms with E-state index in [4.69, 9.17) is 4.74 Å². The second-order valence-corrected chi connectivity index (χ2v) is 5.50. The number of hydrogen-bond donors (Lipinski definition) is 1. The van der Waals surface area contributed by atoms with Crippen LogP contribution in [-0.4, -0.2) is 36.5 Å². The van der Waals surface area contributed by atoms with Crippen molar-refractivity contribution in [3.63, 3.8) is 0 Å². The van der Waals surface area contributed by atoms with Gasteiger partial charge in [0.1, 0.15) is 12.3 Å². The van der Waals surface area contributed by atoms with Gasteiger partial charge in [0, 0.05) is 12.2 Å². The summed E-state index contributed by atoms with van der Waals surface area (Å²) in [5, 5.41) is 3.23. The normalized spacial score (nSPS) is 13.2. The molecule has 0 fully saturated rings. The number of amides is 1. The zero-order valence-electron chi connectivity index (χ0n) is 14.1. The van der Waals surface area contributed by atoms with Crippen LogP contribution < -0.4 is 10.1 Å². The highest BCUT2D eigenvalue weighted by Crippen LogP contribution is 2.17. The van der Waals surface area contributed by atoms with E-state index < -0.39 is 0 Å². The highest BCUT2D eigenvalue weighted by Gasteiger charge is 2.25. The van der Waals surface area contributed by atoms with Gasteiger partial charge >= 0.3 is 0 Å². The maximum absolute atomic E-state index is 12.1.